The van der Waals surface area contributed by atoms with Crippen molar-refractivity contribution in [1.29, 1.82) is 0 Å². The molecule has 0 radical (unpaired) electrons. The number of carboxylic acid groups (broad SMARTS) is 1. The van der Waals surface area contributed by atoms with Gasteiger partial charge in [-0.15, -0.1) is 11.3 Å². The standard InChI is InChI=1S/C12H10IN3O3S/c13-6-1-2-9(8(3-6)11(18)19)16-10(17)4-7-5-20-12(14)15-7/h1-3,5H,4H2,(H2,14,15)(H,16,17)(H,18,19). The van der Waals surface area contributed by atoms with Crippen molar-refractivity contribution in [3.8, 4) is 0 Å². The van der Waals surface area contributed by atoms with Gasteiger partial charge in [-0.1, -0.05) is 0 Å². The van der Waals surface area contributed by atoms with Crippen LogP contribution < -0.4 is 11.1 Å². The van der Waals surface area contributed by atoms with Gasteiger partial charge in [0.15, 0.2) is 5.13 Å². The van der Waals surface area contributed by atoms with Gasteiger partial charge in [0.25, 0.3) is 0 Å². The molecule has 0 unspecified atom stereocenters. The first-order valence-corrected chi connectivity index (χ1v) is 7.44. The molecule has 0 fully saturated rings. The van der Waals surface area contributed by atoms with Gasteiger partial charge in [-0.25, -0.2) is 9.78 Å². The summed E-state index contributed by atoms with van der Waals surface area (Å²) in [6.45, 7) is 0. The van der Waals surface area contributed by atoms with E-state index in [2.05, 4.69) is 10.3 Å². The fourth-order valence-electron chi connectivity index (χ4n) is 1.57. The van der Waals surface area contributed by atoms with Crippen molar-refractivity contribution in [3.05, 3.63) is 38.4 Å². The summed E-state index contributed by atoms with van der Waals surface area (Å²) in [6.07, 6.45) is 0.0543. The molecule has 1 aromatic carbocycles. The van der Waals surface area contributed by atoms with Crippen LogP contribution in [-0.4, -0.2) is 22.0 Å². The molecule has 0 aliphatic carbocycles. The summed E-state index contributed by atoms with van der Waals surface area (Å²) in [5.41, 5.74) is 6.37. The van der Waals surface area contributed by atoms with E-state index in [0.29, 0.717) is 10.8 Å². The Kier molecular flexibility index (Phi) is 4.55. The van der Waals surface area contributed by atoms with E-state index in [9.17, 15) is 9.59 Å². The van der Waals surface area contributed by atoms with Gasteiger partial charge in [0.05, 0.1) is 23.4 Å². The highest BCUT2D eigenvalue weighted by molar-refractivity contribution is 14.1. The van der Waals surface area contributed by atoms with Crippen molar-refractivity contribution in [3.63, 3.8) is 0 Å². The molecule has 104 valence electrons. The number of aromatic carboxylic acids is 1. The molecule has 0 aliphatic rings. The molecule has 0 spiro atoms. The number of carbonyl (C=O) groups excluding carboxylic acids is 1. The minimum Gasteiger partial charge on any atom is -0.478 e. The van der Waals surface area contributed by atoms with Gasteiger partial charge in [0, 0.05) is 8.95 Å². The number of carboxylic acids is 1. The number of nitrogens with zero attached hydrogens (tertiary/aromatic N) is 1. The Labute approximate surface area is 132 Å². The van der Waals surface area contributed by atoms with Crippen molar-refractivity contribution in [1.82, 2.24) is 4.98 Å². The summed E-state index contributed by atoms with van der Waals surface area (Å²) in [7, 11) is 0. The highest BCUT2D eigenvalue weighted by atomic mass is 127. The van der Waals surface area contributed by atoms with E-state index in [1.54, 1.807) is 17.5 Å². The van der Waals surface area contributed by atoms with Crippen molar-refractivity contribution in [2.75, 3.05) is 11.1 Å². The first-order valence-electron chi connectivity index (χ1n) is 5.48. The number of rotatable bonds is 4. The molecule has 8 heteroatoms. The number of aromatic nitrogens is 1. The van der Waals surface area contributed by atoms with E-state index < -0.39 is 5.97 Å². The summed E-state index contributed by atoms with van der Waals surface area (Å²) in [4.78, 5) is 27.0. The molecule has 1 aromatic heterocycles. The fourth-order valence-corrected chi connectivity index (χ4v) is 2.62. The molecule has 6 nitrogen and oxygen atoms in total. The fraction of sp³-hybridized carbons (Fsp3) is 0.0833. The largest absolute Gasteiger partial charge is 0.478 e. The number of nitrogen functional groups attached to an aromatic ring is 1. The highest BCUT2D eigenvalue weighted by Crippen LogP contribution is 2.19. The van der Waals surface area contributed by atoms with Crippen LogP contribution >= 0.6 is 33.9 Å². The lowest BCUT2D eigenvalue weighted by molar-refractivity contribution is -0.115. The van der Waals surface area contributed by atoms with E-state index in [4.69, 9.17) is 10.8 Å². The van der Waals surface area contributed by atoms with Gasteiger partial charge < -0.3 is 16.2 Å². The Morgan fingerprint density at radius 2 is 2.20 bits per heavy atom. The summed E-state index contributed by atoms with van der Waals surface area (Å²) in [5.74, 6) is -1.42. The van der Waals surface area contributed by atoms with Crippen LogP contribution in [0.5, 0.6) is 0 Å². The molecular weight excluding hydrogens is 393 g/mol. The van der Waals surface area contributed by atoms with Gasteiger partial charge in [0.1, 0.15) is 0 Å². The minimum absolute atomic E-state index is 0.0543. The number of anilines is 2. The van der Waals surface area contributed by atoms with Crippen molar-refractivity contribution in [2.24, 2.45) is 0 Å². The van der Waals surface area contributed by atoms with Crippen LogP contribution in [0.3, 0.4) is 0 Å². The molecule has 0 aliphatic heterocycles. The van der Waals surface area contributed by atoms with Crippen molar-refractivity contribution >= 4 is 56.6 Å². The number of hydrogen-bond acceptors (Lipinski definition) is 5. The predicted octanol–water partition coefficient (Wildman–Crippen LogP) is 2.21. The van der Waals surface area contributed by atoms with Gasteiger partial charge in [0.2, 0.25) is 5.91 Å². The maximum atomic E-state index is 11.9. The number of halogens is 1. The summed E-state index contributed by atoms with van der Waals surface area (Å²) in [5, 5.41) is 13.8. The SMILES string of the molecule is Nc1nc(CC(=O)Nc2ccc(I)cc2C(=O)O)cs1. The van der Waals surface area contributed by atoms with E-state index in [1.165, 1.54) is 17.4 Å². The van der Waals surface area contributed by atoms with Gasteiger partial charge >= 0.3 is 5.97 Å². The maximum Gasteiger partial charge on any atom is 0.337 e. The van der Waals surface area contributed by atoms with Crippen LogP contribution in [0.15, 0.2) is 23.6 Å². The first-order chi connectivity index (χ1) is 9.45. The van der Waals surface area contributed by atoms with Crippen LogP contribution in [0.1, 0.15) is 16.1 Å². The Hall–Kier alpha value is -1.68. The lowest BCUT2D eigenvalue weighted by Crippen LogP contribution is -2.17. The zero-order valence-electron chi connectivity index (χ0n) is 10.1. The van der Waals surface area contributed by atoms with Crippen molar-refractivity contribution in [2.45, 2.75) is 6.42 Å². The predicted molar refractivity (Wildman–Crippen MR) is 85.0 cm³/mol. The van der Waals surface area contributed by atoms with E-state index in [1.807, 2.05) is 22.6 Å². The molecule has 2 rings (SSSR count). The van der Waals surface area contributed by atoms with Crippen LogP contribution in [0.25, 0.3) is 0 Å². The van der Waals surface area contributed by atoms with Gasteiger partial charge in [-0.2, -0.15) is 0 Å². The number of hydrogen-bond donors (Lipinski definition) is 3. The molecule has 0 saturated heterocycles. The summed E-state index contributed by atoms with van der Waals surface area (Å²) >= 11 is 3.27. The average Bonchev–Trinajstić information content (AvgIpc) is 2.76. The molecule has 1 amide bonds. The molecule has 0 saturated carbocycles. The number of thiazole rings is 1. The summed E-state index contributed by atoms with van der Waals surface area (Å²) in [6, 6.07) is 4.79. The second-order valence-corrected chi connectivity index (χ2v) is 6.03. The monoisotopic (exact) mass is 403 g/mol. The number of nitrogens with one attached hydrogen (secondary N) is 1. The van der Waals surface area contributed by atoms with Gasteiger partial charge in [-0.05, 0) is 40.8 Å². The summed E-state index contributed by atoms with van der Waals surface area (Å²) < 4.78 is 0.783. The quantitative estimate of drug-likeness (QED) is 0.679. The molecule has 0 atom stereocenters. The van der Waals surface area contributed by atoms with Crippen LogP contribution in [0.2, 0.25) is 0 Å². The van der Waals surface area contributed by atoms with Crippen LogP contribution in [-0.2, 0) is 11.2 Å². The smallest absolute Gasteiger partial charge is 0.337 e. The molecule has 2 aromatic rings. The lowest BCUT2D eigenvalue weighted by atomic mass is 10.1. The first kappa shape index (κ1) is 14.7. The highest BCUT2D eigenvalue weighted by Gasteiger charge is 2.14. The zero-order chi connectivity index (χ0) is 14.7. The third-order valence-electron chi connectivity index (χ3n) is 2.40. The average molecular weight is 403 g/mol. The molecule has 4 N–H and O–H groups in total. The molecule has 20 heavy (non-hydrogen) atoms. The zero-order valence-corrected chi connectivity index (χ0v) is 13.1. The lowest BCUT2D eigenvalue weighted by Gasteiger charge is -2.08. The Bertz CT molecular complexity index is 672. The van der Waals surface area contributed by atoms with E-state index in [0.717, 1.165) is 3.57 Å². The third kappa shape index (κ3) is 3.67. The number of nitrogens with two attached hydrogens (primary N) is 1. The second-order valence-electron chi connectivity index (χ2n) is 3.90. The Morgan fingerprint density at radius 1 is 1.45 bits per heavy atom. The Balaban J connectivity index is 2.13. The number of carbonyl (C=O) groups is 2. The topological polar surface area (TPSA) is 105 Å². The Morgan fingerprint density at radius 3 is 2.80 bits per heavy atom. The van der Waals surface area contributed by atoms with Crippen LogP contribution in [0.4, 0.5) is 10.8 Å². The van der Waals surface area contributed by atoms with Crippen LogP contribution in [0, 0.1) is 3.57 Å². The van der Waals surface area contributed by atoms with E-state index in [-0.39, 0.29) is 23.6 Å². The normalized spacial score (nSPS) is 10.2. The van der Waals surface area contributed by atoms with Crippen molar-refractivity contribution < 1.29 is 14.7 Å². The van der Waals surface area contributed by atoms with Gasteiger partial charge in [-0.3, -0.25) is 4.79 Å². The molecule has 1 heterocycles. The minimum atomic E-state index is -1.09. The number of amides is 1. The maximum absolute atomic E-state index is 11.9. The molecule has 0 bridgehead atoms. The number of benzene rings is 1. The van der Waals surface area contributed by atoms with E-state index >= 15 is 0 Å². The molecular formula is C12H10IN3O3S. The second kappa shape index (κ2) is 6.18. The third-order valence-corrected chi connectivity index (χ3v) is 3.79.